The van der Waals surface area contributed by atoms with Crippen LogP contribution in [0.3, 0.4) is 0 Å². The number of rotatable bonds is 1. The first-order chi connectivity index (χ1) is 5.09. The molecule has 1 atom stereocenters. The van der Waals surface area contributed by atoms with E-state index in [1.807, 2.05) is 0 Å². The van der Waals surface area contributed by atoms with Crippen molar-refractivity contribution in [2.24, 2.45) is 0 Å². The van der Waals surface area contributed by atoms with Crippen molar-refractivity contribution in [3.8, 4) is 0 Å². The fraction of sp³-hybridized carbons (Fsp3) is 0. The Kier molecular flexibility index (Phi) is 3.06. The predicted octanol–water partition coefficient (Wildman–Crippen LogP) is 2.68. The monoisotopic (exact) mass is 254 g/mol. The Balaban J connectivity index is 3.19. The smallest absolute Gasteiger partial charge is 0.186 e. The third-order valence-corrected chi connectivity index (χ3v) is 2.35. The minimum atomic E-state index is -1.96. The Morgan fingerprint density at radius 1 is 1.45 bits per heavy atom. The maximum Gasteiger partial charge on any atom is 0.186 e. The minimum Gasteiger partial charge on any atom is -0.302 e. The summed E-state index contributed by atoms with van der Waals surface area (Å²) < 4.78 is 19.9. The zero-order chi connectivity index (χ0) is 8.43. The number of hydrogen-bond acceptors (Lipinski definition) is 1. The molecule has 0 radical (unpaired) electrons. The highest BCUT2D eigenvalue weighted by molar-refractivity contribution is 9.10. The molecule has 0 fully saturated rings. The van der Waals surface area contributed by atoms with Gasteiger partial charge in [0, 0.05) is 9.50 Å². The van der Waals surface area contributed by atoms with Gasteiger partial charge in [0.15, 0.2) is 11.1 Å². The maximum absolute atomic E-state index is 10.5. The SMILES string of the molecule is O=S(O)c1cc(Cl)cc(Br)c1. The van der Waals surface area contributed by atoms with E-state index >= 15 is 0 Å². The summed E-state index contributed by atoms with van der Waals surface area (Å²) in [6.07, 6.45) is 0. The van der Waals surface area contributed by atoms with Crippen LogP contribution in [0.25, 0.3) is 0 Å². The van der Waals surface area contributed by atoms with Gasteiger partial charge in [-0.1, -0.05) is 27.5 Å². The van der Waals surface area contributed by atoms with E-state index in [9.17, 15) is 4.21 Å². The lowest BCUT2D eigenvalue weighted by Gasteiger charge is -1.96. The van der Waals surface area contributed by atoms with E-state index in [1.54, 1.807) is 12.1 Å². The topological polar surface area (TPSA) is 37.3 Å². The average molecular weight is 256 g/mol. The van der Waals surface area contributed by atoms with Gasteiger partial charge in [-0.05, 0) is 18.2 Å². The molecule has 0 aliphatic rings. The van der Waals surface area contributed by atoms with Gasteiger partial charge in [0.1, 0.15) is 0 Å². The van der Waals surface area contributed by atoms with Crippen LogP contribution >= 0.6 is 27.5 Å². The van der Waals surface area contributed by atoms with Gasteiger partial charge in [-0.15, -0.1) is 0 Å². The van der Waals surface area contributed by atoms with Crippen LogP contribution in [0.2, 0.25) is 5.02 Å². The van der Waals surface area contributed by atoms with E-state index < -0.39 is 11.1 Å². The van der Waals surface area contributed by atoms with E-state index in [1.165, 1.54) is 6.07 Å². The molecule has 60 valence electrons. The van der Waals surface area contributed by atoms with Crippen molar-refractivity contribution in [3.63, 3.8) is 0 Å². The highest BCUT2D eigenvalue weighted by atomic mass is 79.9. The molecule has 1 aromatic carbocycles. The Labute approximate surface area is 80.0 Å². The molecule has 1 rings (SSSR count). The van der Waals surface area contributed by atoms with Crippen molar-refractivity contribution < 1.29 is 8.76 Å². The van der Waals surface area contributed by atoms with Gasteiger partial charge in [0.05, 0.1) is 4.90 Å². The molecular formula is C6H4BrClO2S. The van der Waals surface area contributed by atoms with Crippen molar-refractivity contribution in [3.05, 3.63) is 27.7 Å². The third-order valence-electron chi connectivity index (χ3n) is 1.04. The summed E-state index contributed by atoms with van der Waals surface area (Å²) in [6, 6.07) is 4.64. The Morgan fingerprint density at radius 3 is 2.55 bits per heavy atom. The number of benzene rings is 1. The fourth-order valence-electron chi connectivity index (χ4n) is 0.629. The van der Waals surface area contributed by atoms with Gasteiger partial charge < -0.3 is 4.55 Å². The molecule has 0 amide bonds. The van der Waals surface area contributed by atoms with Crippen LogP contribution in [0.5, 0.6) is 0 Å². The standard InChI is InChI=1S/C6H4BrClO2S/c7-4-1-5(8)3-6(2-4)11(9)10/h1-3H,(H,9,10). The molecule has 0 bridgehead atoms. The summed E-state index contributed by atoms with van der Waals surface area (Å²) in [5.41, 5.74) is 0. The molecule has 11 heavy (non-hydrogen) atoms. The Morgan fingerprint density at radius 2 is 2.09 bits per heavy atom. The second-order valence-electron chi connectivity index (χ2n) is 1.85. The zero-order valence-electron chi connectivity index (χ0n) is 5.25. The molecule has 0 aliphatic heterocycles. The van der Waals surface area contributed by atoms with E-state index in [4.69, 9.17) is 16.2 Å². The van der Waals surface area contributed by atoms with Crippen molar-refractivity contribution in [2.45, 2.75) is 4.90 Å². The normalized spacial score (nSPS) is 13.0. The number of hydrogen-bond donors (Lipinski definition) is 1. The zero-order valence-corrected chi connectivity index (χ0v) is 8.41. The molecule has 0 saturated heterocycles. The molecular weight excluding hydrogens is 251 g/mol. The Hall–Kier alpha value is 0.1000. The highest BCUT2D eigenvalue weighted by Gasteiger charge is 2.01. The number of halogens is 2. The molecule has 0 aliphatic carbocycles. The average Bonchev–Trinajstić information content (AvgIpc) is 1.85. The van der Waals surface area contributed by atoms with Crippen LogP contribution in [-0.2, 0) is 11.1 Å². The fourth-order valence-corrected chi connectivity index (χ4v) is 2.16. The predicted molar refractivity (Wildman–Crippen MR) is 48.2 cm³/mol. The Bertz CT molecular complexity index is 282. The second kappa shape index (κ2) is 3.67. The van der Waals surface area contributed by atoms with Crippen molar-refractivity contribution in [2.75, 3.05) is 0 Å². The molecule has 0 saturated carbocycles. The van der Waals surface area contributed by atoms with E-state index in [-0.39, 0.29) is 0 Å². The first kappa shape index (κ1) is 9.19. The molecule has 0 aromatic heterocycles. The summed E-state index contributed by atoms with van der Waals surface area (Å²) in [5.74, 6) is 0. The lowest BCUT2D eigenvalue weighted by Crippen LogP contribution is -1.87. The highest BCUT2D eigenvalue weighted by Crippen LogP contribution is 2.20. The summed E-state index contributed by atoms with van der Waals surface area (Å²) >= 11 is 6.81. The van der Waals surface area contributed by atoms with Crippen LogP contribution in [0.1, 0.15) is 0 Å². The first-order valence-corrected chi connectivity index (χ1v) is 4.94. The summed E-state index contributed by atoms with van der Waals surface area (Å²) in [5, 5.41) is 0.441. The van der Waals surface area contributed by atoms with Crippen LogP contribution in [0, 0.1) is 0 Å². The van der Waals surface area contributed by atoms with Gasteiger partial charge in [0.25, 0.3) is 0 Å². The minimum absolute atomic E-state index is 0.296. The molecule has 1 unspecified atom stereocenters. The van der Waals surface area contributed by atoms with Crippen molar-refractivity contribution in [1.82, 2.24) is 0 Å². The van der Waals surface area contributed by atoms with E-state index in [0.717, 1.165) is 0 Å². The summed E-state index contributed by atoms with van der Waals surface area (Å²) in [4.78, 5) is 0.296. The molecule has 0 heterocycles. The van der Waals surface area contributed by atoms with Gasteiger partial charge in [-0.25, -0.2) is 4.21 Å². The van der Waals surface area contributed by atoms with E-state index in [0.29, 0.717) is 14.4 Å². The molecule has 1 aromatic rings. The van der Waals surface area contributed by atoms with Gasteiger partial charge in [0.2, 0.25) is 0 Å². The lowest BCUT2D eigenvalue weighted by molar-refractivity contribution is 0.564. The van der Waals surface area contributed by atoms with Crippen LogP contribution < -0.4 is 0 Å². The third kappa shape index (κ3) is 2.56. The van der Waals surface area contributed by atoms with Crippen LogP contribution in [0.4, 0.5) is 0 Å². The van der Waals surface area contributed by atoms with E-state index in [2.05, 4.69) is 15.9 Å². The van der Waals surface area contributed by atoms with Gasteiger partial charge >= 0.3 is 0 Å². The molecule has 5 heteroatoms. The second-order valence-corrected chi connectivity index (χ2v) is 4.18. The lowest BCUT2D eigenvalue weighted by atomic mass is 10.4. The summed E-state index contributed by atoms with van der Waals surface area (Å²) in [6.45, 7) is 0. The molecule has 1 N–H and O–H groups in total. The molecule has 2 nitrogen and oxygen atoms in total. The van der Waals surface area contributed by atoms with Crippen LogP contribution in [-0.4, -0.2) is 8.76 Å². The first-order valence-electron chi connectivity index (χ1n) is 2.66. The van der Waals surface area contributed by atoms with Crippen molar-refractivity contribution >= 4 is 38.6 Å². The quantitative estimate of drug-likeness (QED) is 0.784. The van der Waals surface area contributed by atoms with Crippen molar-refractivity contribution in [1.29, 1.82) is 0 Å². The van der Waals surface area contributed by atoms with Crippen LogP contribution in [0.15, 0.2) is 27.6 Å². The summed E-state index contributed by atoms with van der Waals surface area (Å²) in [7, 11) is 0. The maximum atomic E-state index is 10.5. The molecule has 0 spiro atoms. The van der Waals surface area contributed by atoms with Gasteiger partial charge in [-0.2, -0.15) is 0 Å². The van der Waals surface area contributed by atoms with Gasteiger partial charge in [-0.3, -0.25) is 0 Å². The largest absolute Gasteiger partial charge is 0.302 e.